The normalized spacial score (nSPS) is 18.0. The summed E-state index contributed by atoms with van der Waals surface area (Å²) in [6.45, 7) is 4.90. The molecule has 0 rings (SSSR count). The highest BCUT2D eigenvalue weighted by Gasteiger charge is 2.09. The lowest BCUT2D eigenvalue weighted by Crippen LogP contribution is -2.20. The second kappa shape index (κ2) is 4.37. The van der Waals surface area contributed by atoms with Crippen molar-refractivity contribution in [3.05, 3.63) is 0 Å². The molecule has 0 heterocycles. The summed E-state index contributed by atoms with van der Waals surface area (Å²) in [6, 6.07) is 0. The van der Waals surface area contributed by atoms with Crippen molar-refractivity contribution in [3.8, 4) is 0 Å². The first-order valence-corrected chi connectivity index (χ1v) is 3.82. The van der Waals surface area contributed by atoms with Crippen LogP contribution in [0.5, 0.6) is 0 Å². The van der Waals surface area contributed by atoms with Crippen LogP contribution in [0.2, 0.25) is 0 Å². The van der Waals surface area contributed by atoms with Crippen molar-refractivity contribution in [1.29, 1.82) is 0 Å². The van der Waals surface area contributed by atoms with Crippen LogP contribution in [-0.4, -0.2) is 23.4 Å². The van der Waals surface area contributed by atoms with Gasteiger partial charge in [0.25, 0.3) is 0 Å². The number of rotatable bonds is 3. The molecule has 1 nitrogen and oxygen atoms in total. The van der Waals surface area contributed by atoms with E-state index in [-0.39, 0.29) is 5.38 Å². The van der Waals surface area contributed by atoms with Crippen molar-refractivity contribution < 1.29 is 0 Å². The van der Waals surface area contributed by atoms with E-state index in [2.05, 4.69) is 6.92 Å². The minimum Gasteiger partial charge on any atom is -0.223 e. The third kappa shape index (κ3) is 5.01. The number of alkyl halides is 1. The third-order valence-electron chi connectivity index (χ3n) is 1.32. The Morgan fingerprint density at radius 3 is 2.00 bits per heavy atom. The van der Waals surface area contributed by atoms with Crippen LogP contribution in [0, 0.1) is 5.92 Å². The summed E-state index contributed by atoms with van der Waals surface area (Å²) >= 11 is 11.4. The zero-order valence-corrected chi connectivity index (χ0v) is 7.58. The predicted molar refractivity (Wildman–Crippen MR) is 43.0 cm³/mol. The van der Waals surface area contributed by atoms with Gasteiger partial charge in [-0.1, -0.05) is 6.92 Å². The van der Waals surface area contributed by atoms with Crippen LogP contribution < -0.4 is 0 Å². The maximum absolute atomic E-state index is 5.79. The van der Waals surface area contributed by atoms with Crippen molar-refractivity contribution in [2.24, 2.45) is 5.92 Å². The first-order chi connectivity index (χ1) is 4.04. The molecule has 0 saturated heterocycles. The lowest BCUT2D eigenvalue weighted by Gasteiger charge is -2.16. The SMILES string of the molecule is CC(Cl)C(C)CN(C)Cl. The quantitative estimate of drug-likeness (QED) is 0.464. The fraction of sp³-hybridized carbons (Fsp3) is 1.00. The van der Waals surface area contributed by atoms with Crippen molar-refractivity contribution >= 4 is 23.4 Å². The highest BCUT2D eigenvalue weighted by Crippen LogP contribution is 2.10. The Labute approximate surface area is 67.0 Å². The summed E-state index contributed by atoms with van der Waals surface area (Å²) in [5.41, 5.74) is 0. The molecule has 0 amide bonds. The topological polar surface area (TPSA) is 3.24 Å². The van der Waals surface area contributed by atoms with Gasteiger partial charge in [-0.25, -0.2) is 4.42 Å². The molecular weight excluding hydrogens is 157 g/mol. The lowest BCUT2D eigenvalue weighted by atomic mass is 10.1. The van der Waals surface area contributed by atoms with Crippen molar-refractivity contribution in [2.45, 2.75) is 19.2 Å². The fourth-order valence-electron chi connectivity index (χ4n) is 0.542. The van der Waals surface area contributed by atoms with Crippen molar-refractivity contribution in [3.63, 3.8) is 0 Å². The molecular formula is C6H13Cl2N. The highest BCUT2D eigenvalue weighted by molar-refractivity contribution is 6.20. The Morgan fingerprint density at radius 1 is 1.44 bits per heavy atom. The molecule has 0 fully saturated rings. The molecule has 9 heavy (non-hydrogen) atoms. The molecule has 0 N–H and O–H groups in total. The smallest absolute Gasteiger partial charge is 0.0346 e. The van der Waals surface area contributed by atoms with Crippen LogP contribution in [0.25, 0.3) is 0 Å². The molecule has 3 heteroatoms. The largest absolute Gasteiger partial charge is 0.223 e. The van der Waals surface area contributed by atoms with Gasteiger partial charge in [-0.05, 0) is 24.6 Å². The maximum atomic E-state index is 5.79. The van der Waals surface area contributed by atoms with Gasteiger partial charge < -0.3 is 0 Å². The van der Waals surface area contributed by atoms with Gasteiger partial charge in [0.1, 0.15) is 0 Å². The fourth-order valence-corrected chi connectivity index (χ4v) is 0.839. The van der Waals surface area contributed by atoms with E-state index in [1.54, 1.807) is 4.42 Å². The van der Waals surface area contributed by atoms with Gasteiger partial charge in [0.05, 0.1) is 0 Å². The molecule has 0 saturated carbocycles. The van der Waals surface area contributed by atoms with Crippen LogP contribution in [0.15, 0.2) is 0 Å². The van der Waals surface area contributed by atoms with Crippen LogP contribution in [0.1, 0.15) is 13.8 Å². The van der Waals surface area contributed by atoms with E-state index in [0.29, 0.717) is 5.92 Å². The summed E-state index contributed by atoms with van der Waals surface area (Å²) in [5, 5.41) is 0.200. The molecule has 0 radical (unpaired) electrons. The van der Waals surface area contributed by atoms with E-state index in [4.69, 9.17) is 23.4 Å². The standard InChI is InChI=1S/C6H13Cl2N/c1-5(6(2)7)4-9(3)8/h5-6H,4H2,1-3H3. The van der Waals surface area contributed by atoms with Gasteiger partial charge in [-0.2, -0.15) is 0 Å². The van der Waals surface area contributed by atoms with Crippen LogP contribution in [0.3, 0.4) is 0 Å². The van der Waals surface area contributed by atoms with Crippen LogP contribution in [0.4, 0.5) is 0 Å². The molecule has 2 atom stereocenters. The van der Waals surface area contributed by atoms with E-state index in [0.717, 1.165) is 6.54 Å². The zero-order valence-electron chi connectivity index (χ0n) is 6.06. The molecule has 0 spiro atoms. The first-order valence-electron chi connectivity index (χ1n) is 3.05. The number of hydrogen-bond donors (Lipinski definition) is 0. The molecule has 0 bridgehead atoms. The number of hydrogen-bond acceptors (Lipinski definition) is 1. The minimum absolute atomic E-state index is 0.200. The second-order valence-electron chi connectivity index (χ2n) is 2.44. The van der Waals surface area contributed by atoms with Crippen molar-refractivity contribution in [2.75, 3.05) is 13.6 Å². The summed E-state index contributed by atoms with van der Waals surface area (Å²) in [6.07, 6.45) is 0. The molecule has 0 aromatic heterocycles. The Kier molecular flexibility index (Phi) is 4.63. The summed E-state index contributed by atoms with van der Waals surface area (Å²) < 4.78 is 1.63. The minimum atomic E-state index is 0.200. The second-order valence-corrected chi connectivity index (χ2v) is 3.71. The first kappa shape index (κ1) is 9.54. The van der Waals surface area contributed by atoms with Gasteiger partial charge in [-0.15, -0.1) is 11.6 Å². The molecule has 0 aliphatic rings. The van der Waals surface area contributed by atoms with Crippen molar-refractivity contribution in [1.82, 2.24) is 4.42 Å². The lowest BCUT2D eigenvalue weighted by molar-refractivity contribution is 0.424. The van der Waals surface area contributed by atoms with E-state index < -0.39 is 0 Å². The Bertz CT molecular complexity index is 73.5. The van der Waals surface area contributed by atoms with Gasteiger partial charge in [0, 0.05) is 19.0 Å². The van der Waals surface area contributed by atoms with Crippen LogP contribution in [-0.2, 0) is 0 Å². The number of halogens is 2. The summed E-state index contributed by atoms with van der Waals surface area (Å²) in [7, 11) is 1.83. The summed E-state index contributed by atoms with van der Waals surface area (Å²) in [5.74, 6) is 0.453. The van der Waals surface area contributed by atoms with E-state index in [1.165, 1.54) is 0 Å². The molecule has 0 aliphatic carbocycles. The van der Waals surface area contributed by atoms with E-state index >= 15 is 0 Å². The highest BCUT2D eigenvalue weighted by atomic mass is 35.5. The average Bonchev–Trinajstić information content (AvgIpc) is 1.63. The Hall–Kier alpha value is 0.540. The van der Waals surface area contributed by atoms with E-state index in [1.807, 2.05) is 14.0 Å². The molecule has 56 valence electrons. The monoisotopic (exact) mass is 169 g/mol. The Morgan fingerprint density at radius 2 is 1.89 bits per heavy atom. The molecule has 2 unspecified atom stereocenters. The third-order valence-corrected chi connectivity index (χ3v) is 1.89. The predicted octanol–water partition coefficient (Wildman–Crippen LogP) is 2.34. The number of nitrogens with zero attached hydrogens (tertiary/aromatic N) is 1. The van der Waals surface area contributed by atoms with E-state index in [9.17, 15) is 0 Å². The Balaban J connectivity index is 3.38. The van der Waals surface area contributed by atoms with Crippen LogP contribution >= 0.6 is 23.4 Å². The molecule has 0 aliphatic heterocycles. The maximum Gasteiger partial charge on any atom is 0.0346 e. The molecule has 0 aromatic carbocycles. The zero-order chi connectivity index (χ0) is 7.44. The summed E-state index contributed by atoms with van der Waals surface area (Å²) in [4.78, 5) is 0. The van der Waals surface area contributed by atoms with Gasteiger partial charge in [0.2, 0.25) is 0 Å². The average molecular weight is 170 g/mol. The van der Waals surface area contributed by atoms with Gasteiger partial charge in [-0.3, -0.25) is 0 Å². The molecule has 0 aromatic rings. The van der Waals surface area contributed by atoms with Gasteiger partial charge >= 0.3 is 0 Å². The van der Waals surface area contributed by atoms with Gasteiger partial charge in [0.15, 0.2) is 0 Å².